The van der Waals surface area contributed by atoms with Gasteiger partial charge in [0.1, 0.15) is 23.3 Å². The van der Waals surface area contributed by atoms with Crippen LogP contribution in [0.1, 0.15) is 67.2 Å². The Morgan fingerprint density at radius 1 is 0.964 bits per heavy atom. The lowest BCUT2D eigenvalue weighted by Crippen LogP contribution is -2.45. The lowest BCUT2D eigenvalue weighted by Gasteiger charge is -2.29. The largest absolute Gasteiger partial charge is 0.481 e. The molecule has 1 aliphatic rings. The lowest BCUT2D eigenvalue weighted by molar-refractivity contribution is -0.160. The second-order valence-electron chi connectivity index (χ2n) is 8.78. The van der Waals surface area contributed by atoms with Gasteiger partial charge in [0.15, 0.2) is 0 Å². The second-order valence-corrected chi connectivity index (χ2v) is 8.78. The summed E-state index contributed by atoms with van der Waals surface area (Å²) in [5.74, 6) is -2.15. The van der Waals surface area contributed by atoms with E-state index in [1.807, 2.05) is 0 Å². The maximum Gasteiger partial charge on any atom is 0.411 e. The number of carbonyl (C=O) groups excluding carboxylic acids is 3. The van der Waals surface area contributed by atoms with Crippen molar-refractivity contribution in [3.8, 4) is 0 Å². The Kier molecular flexibility index (Phi) is 7.84. The Balaban J connectivity index is 2.80. The van der Waals surface area contributed by atoms with Crippen LogP contribution in [0.3, 0.4) is 0 Å². The molecule has 1 saturated heterocycles. The van der Waals surface area contributed by atoms with Crippen LogP contribution in [0.15, 0.2) is 0 Å². The fraction of sp³-hybridized carbons (Fsp3) is 0.789. The first-order valence-electron chi connectivity index (χ1n) is 9.31. The van der Waals surface area contributed by atoms with Crippen molar-refractivity contribution in [3.63, 3.8) is 0 Å². The second kappa shape index (κ2) is 9.25. The predicted molar refractivity (Wildman–Crippen MR) is 98.6 cm³/mol. The zero-order valence-corrected chi connectivity index (χ0v) is 17.4. The van der Waals surface area contributed by atoms with Crippen LogP contribution in [0.4, 0.5) is 4.79 Å². The third kappa shape index (κ3) is 8.58. The maximum atomic E-state index is 12.5. The molecule has 0 spiro atoms. The molecule has 2 atom stereocenters. The van der Waals surface area contributed by atoms with E-state index in [1.54, 1.807) is 41.5 Å². The van der Waals surface area contributed by atoms with Crippen LogP contribution in [0.25, 0.3) is 0 Å². The molecular weight excluding hydrogens is 370 g/mol. The van der Waals surface area contributed by atoms with Gasteiger partial charge in [0.2, 0.25) is 0 Å². The highest BCUT2D eigenvalue weighted by atomic mass is 16.6. The number of carboxylic acid groups (broad SMARTS) is 1. The Bertz CT molecular complexity index is 566. The van der Waals surface area contributed by atoms with E-state index in [9.17, 15) is 19.2 Å². The van der Waals surface area contributed by atoms with Gasteiger partial charge in [0, 0.05) is 19.3 Å². The molecule has 1 aliphatic heterocycles. The van der Waals surface area contributed by atoms with Crippen LogP contribution >= 0.6 is 0 Å². The Morgan fingerprint density at radius 3 is 2.04 bits per heavy atom. The zero-order chi connectivity index (χ0) is 21.7. The molecule has 0 aromatic rings. The molecule has 0 aromatic carbocycles. The average molecular weight is 401 g/mol. The number of aliphatic carboxylic acids is 1. The summed E-state index contributed by atoms with van der Waals surface area (Å²) in [5, 5.41) is 8.63. The molecule has 1 fully saturated rings. The lowest BCUT2D eigenvalue weighted by atomic mass is 10.1. The van der Waals surface area contributed by atoms with E-state index >= 15 is 0 Å². The van der Waals surface area contributed by atoms with E-state index in [0.717, 1.165) is 0 Å². The van der Waals surface area contributed by atoms with Crippen molar-refractivity contribution in [2.45, 2.75) is 90.6 Å². The van der Waals surface area contributed by atoms with Gasteiger partial charge in [-0.3, -0.25) is 14.5 Å². The van der Waals surface area contributed by atoms with E-state index in [1.165, 1.54) is 4.90 Å². The first-order valence-corrected chi connectivity index (χ1v) is 9.31. The van der Waals surface area contributed by atoms with Crippen molar-refractivity contribution in [2.24, 2.45) is 0 Å². The number of ether oxygens (including phenoxy) is 3. The van der Waals surface area contributed by atoms with Crippen molar-refractivity contribution in [2.75, 3.05) is 6.54 Å². The highest BCUT2D eigenvalue weighted by Crippen LogP contribution is 2.26. The van der Waals surface area contributed by atoms with E-state index in [-0.39, 0.29) is 32.2 Å². The van der Waals surface area contributed by atoms with Gasteiger partial charge in [0.05, 0.1) is 6.54 Å². The number of esters is 2. The van der Waals surface area contributed by atoms with Gasteiger partial charge in [-0.05, 0) is 48.0 Å². The first kappa shape index (κ1) is 23.7. The summed E-state index contributed by atoms with van der Waals surface area (Å²) >= 11 is 0. The minimum absolute atomic E-state index is 0.00347. The Labute approximate surface area is 165 Å². The summed E-state index contributed by atoms with van der Waals surface area (Å²) in [6.07, 6.45) is -1.31. The summed E-state index contributed by atoms with van der Waals surface area (Å²) in [4.78, 5) is 48.7. The van der Waals surface area contributed by atoms with Crippen LogP contribution in [0, 0.1) is 0 Å². The molecule has 160 valence electrons. The zero-order valence-electron chi connectivity index (χ0n) is 17.4. The molecular formula is C19H31NO8. The molecule has 1 amide bonds. The quantitative estimate of drug-likeness (QED) is 0.532. The Morgan fingerprint density at radius 2 is 1.54 bits per heavy atom. The molecule has 9 heteroatoms. The number of hydrogen-bond donors (Lipinski definition) is 1. The molecule has 1 N–H and O–H groups in total. The third-order valence-corrected chi connectivity index (χ3v) is 3.64. The van der Waals surface area contributed by atoms with Gasteiger partial charge in [-0.2, -0.15) is 0 Å². The van der Waals surface area contributed by atoms with Gasteiger partial charge >= 0.3 is 24.0 Å². The molecule has 0 aromatic heterocycles. The van der Waals surface area contributed by atoms with Crippen LogP contribution in [-0.4, -0.2) is 63.9 Å². The highest BCUT2D eigenvalue weighted by Gasteiger charge is 2.44. The number of rotatable bonds is 6. The van der Waals surface area contributed by atoms with Gasteiger partial charge < -0.3 is 19.3 Å². The van der Waals surface area contributed by atoms with Crippen LogP contribution in [0.2, 0.25) is 0 Å². The van der Waals surface area contributed by atoms with E-state index in [2.05, 4.69) is 0 Å². The SMILES string of the molecule is CC(C)(C)OC(=O)[C@@H]1C[C@@H](OC(=O)CCCC(=O)O)CN1C(=O)OC(C)(C)C. The molecule has 28 heavy (non-hydrogen) atoms. The van der Waals surface area contributed by atoms with E-state index in [0.29, 0.717) is 0 Å². The minimum atomic E-state index is -0.991. The third-order valence-electron chi connectivity index (χ3n) is 3.64. The van der Waals surface area contributed by atoms with Gasteiger partial charge in [-0.15, -0.1) is 0 Å². The molecule has 9 nitrogen and oxygen atoms in total. The van der Waals surface area contributed by atoms with Crippen molar-refractivity contribution in [1.29, 1.82) is 0 Å². The fourth-order valence-electron chi connectivity index (χ4n) is 2.63. The van der Waals surface area contributed by atoms with E-state index in [4.69, 9.17) is 19.3 Å². The topological polar surface area (TPSA) is 119 Å². The summed E-state index contributed by atoms with van der Waals surface area (Å²) in [6.45, 7) is 10.3. The molecule has 0 aliphatic carbocycles. The van der Waals surface area contributed by atoms with Crippen molar-refractivity contribution >= 4 is 24.0 Å². The minimum Gasteiger partial charge on any atom is -0.481 e. The summed E-state index contributed by atoms with van der Waals surface area (Å²) in [5.41, 5.74) is -1.48. The Hall–Kier alpha value is -2.32. The van der Waals surface area contributed by atoms with Crippen molar-refractivity contribution in [1.82, 2.24) is 4.90 Å². The van der Waals surface area contributed by atoms with Gasteiger partial charge in [0.25, 0.3) is 0 Å². The summed E-state index contributed by atoms with van der Waals surface area (Å²) < 4.78 is 16.1. The molecule has 0 radical (unpaired) electrons. The summed E-state index contributed by atoms with van der Waals surface area (Å²) in [7, 11) is 0. The predicted octanol–water partition coefficient (Wildman–Crippen LogP) is 2.50. The fourth-order valence-corrected chi connectivity index (χ4v) is 2.63. The highest BCUT2D eigenvalue weighted by molar-refractivity contribution is 5.83. The molecule has 0 saturated carbocycles. The number of carbonyl (C=O) groups is 4. The van der Waals surface area contributed by atoms with Gasteiger partial charge in [-0.1, -0.05) is 0 Å². The van der Waals surface area contributed by atoms with Gasteiger partial charge in [-0.25, -0.2) is 9.59 Å². The van der Waals surface area contributed by atoms with Crippen LogP contribution in [0.5, 0.6) is 0 Å². The summed E-state index contributed by atoms with van der Waals surface area (Å²) in [6, 6.07) is -0.925. The number of nitrogens with zero attached hydrogens (tertiary/aromatic N) is 1. The maximum absolute atomic E-state index is 12.5. The number of hydrogen-bond acceptors (Lipinski definition) is 7. The monoisotopic (exact) mass is 401 g/mol. The number of likely N-dealkylation sites (tertiary alicyclic amines) is 1. The smallest absolute Gasteiger partial charge is 0.411 e. The standard InChI is InChI=1S/C19H31NO8/c1-18(2,3)27-16(24)13-10-12(26-15(23)9-7-8-14(21)22)11-20(13)17(25)28-19(4,5)6/h12-13H,7-11H2,1-6H3,(H,21,22)/t12-,13+/m1/s1. The molecule has 0 bridgehead atoms. The van der Waals surface area contributed by atoms with Crippen molar-refractivity contribution < 1.29 is 38.5 Å². The van der Waals surface area contributed by atoms with E-state index < -0.39 is 47.3 Å². The van der Waals surface area contributed by atoms with Crippen LogP contribution < -0.4 is 0 Å². The number of carboxylic acids is 1. The number of amides is 1. The molecule has 1 heterocycles. The first-order chi connectivity index (χ1) is 12.7. The normalized spacial score (nSPS) is 19.9. The van der Waals surface area contributed by atoms with Crippen LogP contribution in [-0.2, 0) is 28.6 Å². The molecule has 0 unspecified atom stereocenters. The van der Waals surface area contributed by atoms with Crippen molar-refractivity contribution in [3.05, 3.63) is 0 Å². The molecule has 1 rings (SSSR count). The average Bonchev–Trinajstić information content (AvgIpc) is 2.87.